The molecule has 27 heavy (non-hydrogen) atoms. The minimum absolute atomic E-state index is 0.0254. The first-order chi connectivity index (χ1) is 12.7. The summed E-state index contributed by atoms with van der Waals surface area (Å²) in [6.45, 7) is 8.91. The lowest BCUT2D eigenvalue weighted by atomic mass is 9.85. The number of nitrogens with one attached hydrogen (secondary N) is 1. The third kappa shape index (κ3) is 8.00. The summed E-state index contributed by atoms with van der Waals surface area (Å²) in [5.41, 5.74) is 2.18. The predicted octanol–water partition coefficient (Wildman–Crippen LogP) is 5.63. The number of rotatable bonds is 8. The molecule has 0 spiro atoms. The van der Waals surface area contributed by atoms with E-state index in [0.29, 0.717) is 6.54 Å². The molecule has 2 aromatic carbocycles. The van der Waals surface area contributed by atoms with Gasteiger partial charge in [-0.3, -0.25) is 4.79 Å². The molecule has 2 rings (SSSR count). The molecule has 0 radical (unpaired) electrons. The first-order valence-corrected chi connectivity index (χ1v) is 10.00. The Morgan fingerprint density at radius 3 is 2.56 bits per heavy atom. The van der Waals surface area contributed by atoms with Crippen molar-refractivity contribution in [3.8, 4) is 5.75 Å². The lowest BCUT2D eigenvalue weighted by Crippen LogP contribution is -2.34. The number of benzene rings is 2. The van der Waals surface area contributed by atoms with E-state index in [0.717, 1.165) is 22.2 Å². The number of hydrogen-bond donors (Lipinski definition) is 1. The van der Waals surface area contributed by atoms with Crippen LogP contribution in [-0.2, 0) is 11.2 Å². The fourth-order valence-electron chi connectivity index (χ4n) is 2.74. The minimum Gasteiger partial charge on any atom is -0.491 e. The Hall–Kier alpha value is -2.07. The highest BCUT2D eigenvalue weighted by atomic mass is 79.9. The summed E-state index contributed by atoms with van der Waals surface area (Å²) in [4.78, 5) is 12.2. The van der Waals surface area contributed by atoms with Crippen LogP contribution in [0.5, 0.6) is 5.75 Å². The van der Waals surface area contributed by atoms with E-state index in [1.54, 1.807) is 6.08 Å². The quantitative estimate of drug-likeness (QED) is 0.551. The van der Waals surface area contributed by atoms with Gasteiger partial charge in [0, 0.05) is 17.1 Å². The van der Waals surface area contributed by atoms with Gasteiger partial charge in [-0.15, -0.1) is 0 Å². The van der Waals surface area contributed by atoms with Gasteiger partial charge in [-0.1, -0.05) is 54.0 Å². The highest BCUT2D eigenvalue weighted by Crippen LogP contribution is 2.22. The molecular formula is C23H28BrNO2. The van der Waals surface area contributed by atoms with E-state index < -0.39 is 0 Å². The van der Waals surface area contributed by atoms with Gasteiger partial charge in [-0.2, -0.15) is 0 Å². The van der Waals surface area contributed by atoms with E-state index in [-0.39, 0.29) is 17.4 Å². The molecular weight excluding hydrogens is 402 g/mol. The maximum Gasteiger partial charge on any atom is 0.244 e. The van der Waals surface area contributed by atoms with Crippen molar-refractivity contribution in [3.05, 3.63) is 70.2 Å². The number of halogens is 1. The van der Waals surface area contributed by atoms with Crippen LogP contribution < -0.4 is 10.1 Å². The van der Waals surface area contributed by atoms with E-state index in [4.69, 9.17) is 4.74 Å². The fourth-order valence-corrected chi connectivity index (χ4v) is 3.00. The molecule has 0 atom stereocenters. The zero-order valence-corrected chi connectivity index (χ0v) is 18.0. The molecule has 0 saturated heterocycles. The van der Waals surface area contributed by atoms with E-state index in [2.05, 4.69) is 47.2 Å². The van der Waals surface area contributed by atoms with Crippen LogP contribution in [0, 0.1) is 5.41 Å². The Morgan fingerprint density at radius 1 is 1.19 bits per heavy atom. The van der Waals surface area contributed by atoms with E-state index in [1.807, 2.05) is 56.3 Å². The van der Waals surface area contributed by atoms with Gasteiger partial charge >= 0.3 is 0 Å². The van der Waals surface area contributed by atoms with Crippen molar-refractivity contribution in [2.45, 2.75) is 40.2 Å². The van der Waals surface area contributed by atoms with Crippen molar-refractivity contribution in [2.24, 2.45) is 5.41 Å². The monoisotopic (exact) mass is 429 g/mol. The fraction of sp³-hybridized carbons (Fsp3) is 0.348. The molecule has 3 nitrogen and oxygen atoms in total. The molecule has 0 aliphatic rings. The summed E-state index contributed by atoms with van der Waals surface area (Å²) in [5.74, 6) is 0.720. The average molecular weight is 430 g/mol. The van der Waals surface area contributed by atoms with Crippen molar-refractivity contribution < 1.29 is 9.53 Å². The smallest absolute Gasteiger partial charge is 0.244 e. The predicted molar refractivity (Wildman–Crippen MR) is 116 cm³/mol. The van der Waals surface area contributed by atoms with Gasteiger partial charge in [0.15, 0.2) is 0 Å². The molecule has 0 aromatic heterocycles. The summed E-state index contributed by atoms with van der Waals surface area (Å²) < 4.78 is 6.75. The second kappa shape index (κ2) is 9.75. The zero-order chi connectivity index (χ0) is 19.9. The van der Waals surface area contributed by atoms with Crippen molar-refractivity contribution >= 4 is 27.9 Å². The number of ether oxygens (including phenoxy) is 1. The average Bonchev–Trinajstić information content (AvgIpc) is 2.60. The number of carbonyl (C=O) groups excluding carboxylic acids is 1. The molecule has 0 unspecified atom stereocenters. The zero-order valence-electron chi connectivity index (χ0n) is 16.5. The van der Waals surface area contributed by atoms with Crippen molar-refractivity contribution in [1.82, 2.24) is 5.32 Å². The Morgan fingerprint density at radius 2 is 1.89 bits per heavy atom. The molecule has 144 valence electrons. The minimum atomic E-state index is -0.0888. The molecule has 0 heterocycles. The molecule has 0 fully saturated rings. The van der Waals surface area contributed by atoms with Crippen LogP contribution in [-0.4, -0.2) is 18.6 Å². The molecule has 0 aliphatic carbocycles. The van der Waals surface area contributed by atoms with E-state index in [1.165, 1.54) is 5.56 Å². The third-order valence-corrected chi connectivity index (χ3v) is 4.52. The molecule has 1 N–H and O–H groups in total. The van der Waals surface area contributed by atoms with Crippen molar-refractivity contribution in [3.63, 3.8) is 0 Å². The topological polar surface area (TPSA) is 38.3 Å². The van der Waals surface area contributed by atoms with Gasteiger partial charge in [-0.25, -0.2) is 0 Å². The Balaban J connectivity index is 1.87. The maximum atomic E-state index is 12.2. The van der Waals surface area contributed by atoms with Gasteiger partial charge in [-0.05, 0) is 67.2 Å². The van der Waals surface area contributed by atoms with Gasteiger partial charge in [0.05, 0.1) is 6.10 Å². The maximum absolute atomic E-state index is 12.2. The van der Waals surface area contributed by atoms with E-state index >= 15 is 0 Å². The van der Waals surface area contributed by atoms with Crippen LogP contribution in [0.3, 0.4) is 0 Å². The Kier molecular flexibility index (Phi) is 7.66. The number of carbonyl (C=O) groups is 1. The van der Waals surface area contributed by atoms with Crippen molar-refractivity contribution in [1.29, 1.82) is 0 Å². The molecule has 4 heteroatoms. The molecule has 0 saturated carbocycles. The second-order valence-corrected chi connectivity index (χ2v) is 8.67. The van der Waals surface area contributed by atoms with Crippen LogP contribution >= 0.6 is 15.9 Å². The number of amides is 1. The highest BCUT2D eigenvalue weighted by Gasteiger charge is 2.19. The summed E-state index contributed by atoms with van der Waals surface area (Å²) in [7, 11) is 0. The molecule has 2 aromatic rings. The Bertz CT molecular complexity index is 779. The molecule has 0 bridgehead atoms. The van der Waals surface area contributed by atoms with Crippen LogP contribution in [0.1, 0.15) is 38.8 Å². The standard InChI is InChI=1S/C23H28BrNO2/c1-17(2)27-21-7-5-6-18(14-21)10-13-22(26)25-16-23(3,4)15-19-8-11-20(24)12-9-19/h5-14,17H,15-16H2,1-4H3,(H,25,26)/b13-10+. The SMILES string of the molecule is CC(C)Oc1cccc(/C=C/C(=O)NCC(C)(C)Cc2ccc(Br)cc2)c1. The van der Waals surface area contributed by atoms with Gasteiger partial charge in [0.1, 0.15) is 5.75 Å². The first kappa shape index (κ1) is 21.2. The van der Waals surface area contributed by atoms with Crippen LogP contribution in [0.2, 0.25) is 0 Å². The van der Waals surface area contributed by atoms with Gasteiger partial charge in [0.25, 0.3) is 0 Å². The third-order valence-electron chi connectivity index (χ3n) is 3.99. The first-order valence-electron chi connectivity index (χ1n) is 9.21. The number of hydrogen-bond acceptors (Lipinski definition) is 2. The molecule has 1 amide bonds. The summed E-state index contributed by atoms with van der Waals surface area (Å²) in [5, 5.41) is 3.01. The lowest BCUT2D eigenvalue weighted by Gasteiger charge is -2.25. The van der Waals surface area contributed by atoms with Crippen molar-refractivity contribution in [2.75, 3.05) is 6.54 Å². The summed E-state index contributed by atoms with van der Waals surface area (Å²) in [6, 6.07) is 16.0. The summed E-state index contributed by atoms with van der Waals surface area (Å²) >= 11 is 3.45. The molecule has 0 aliphatic heterocycles. The van der Waals surface area contributed by atoms with Crippen LogP contribution in [0.15, 0.2) is 59.1 Å². The largest absolute Gasteiger partial charge is 0.491 e. The van der Waals surface area contributed by atoms with E-state index in [9.17, 15) is 4.79 Å². The van der Waals surface area contributed by atoms with Gasteiger partial charge in [0.2, 0.25) is 5.91 Å². The summed E-state index contributed by atoms with van der Waals surface area (Å²) in [6.07, 6.45) is 4.41. The Labute approximate surface area is 171 Å². The van der Waals surface area contributed by atoms with Gasteiger partial charge < -0.3 is 10.1 Å². The highest BCUT2D eigenvalue weighted by molar-refractivity contribution is 9.10. The van der Waals surface area contributed by atoms with Crippen LogP contribution in [0.25, 0.3) is 6.08 Å². The normalized spacial score (nSPS) is 11.8. The second-order valence-electron chi connectivity index (χ2n) is 7.76. The lowest BCUT2D eigenvalue weighted by molar-refractivity contribution is -0.116. The van der Waals surface area contributed by atoms with Crippen LogP contribution in [0.4, 0.5) is 0 Å².